The number of oxazole rings is 1. The molecule has 0 bridgehead atoms. The minimum absolute atomic E-state index is 0.367. The van der Waals surface area contributed by atoms with Crippen molar-refractivity contribution in [1.82, 2.24) is 10.3 Å². The molecule has 1 aromatic carbocycles. The average molecular weight is 244 g/mol. The van der Waals surface area contributed by atoms with Crippen molar-refractivity contribution in [3.05, 3.63) is 34.3 Å². The first-order valence-corrected chi connectivity index (χ1v) is 6.58. The zero-order valence-electron chi connectivity index (χ0n) is 10.2. The maximum atomic E-state index is 11.1. The number of nitrogens with one attached hydrogen (secondary N) is 2. The van der Waals surface area contributed by atoms with E-state index < -0.39 is 0 Å². The topological polar surface area (TPSA) is 58.0 Å². The fourth-order valence-electron chi connectivity index (χ4n) is 3.51. The van der Waals surface area contributed by atoms with Gasteiger partial charge in [0.05, 0.1) is 5.52 Å². The van der Waals surface area contributed by atoms with Gasteiger partial charge in [0.15, 0.2) is 5.58 Å². The van der Waals surface area contributed by atoms with Gasteiger partial charge in [-0.15, -0.1) is 0 Å². The van der Waals surface area contributed by atoms with Crippen molar-refractivity contribution >= 4 is 11.1 Å². The molecule has 4 nitrogen and oxygen atoms in total. The molecule has 0 radical (unpaired) electrons. The third-order valence-corrected chi connectivity index (χ3v) is 4.62. The fraction of sp³-hybridized carbons (Fsp3) is 0.500. The second kappa shape index (κ2) is 3.48. The second-order valence-corrected chi connectivity index (χ2v) is 5.81. The normalized spacial score (nSPS) is 25.7. The molecular weight excluding hydrogens is 228 g/mol. The minimum Gasteiger partial charge on any atom is -0.408 e. The average Bonchev–Trinajstić information content (AvgIpc) is 2.88. The Morgan fingerprint density at radius 3 is 2.94 bits per heavy atom. The predicted octanol–water partition coefficient (Wildman–Crippen LogP) is 1.98. The highest BCUT2D eigenvalue weighted by molar-refractivity contribution is 5.73. The lowest BCUT2D eigenvalue weighted by Gasteiger charge is -2.39. The molecule has 1 aromatic heterocycles. The van der Waals surface area contributed by atoms with Gasteiger partial charge in [-0.3, -0.25) is 4.98 Å². The van der Waals surface area contributed by atoms with Crippen molar-refractivity contribution in [2.75, 3.05) is 13.1 Å². The van der Waals surface area contributed by atoms with E-state index in [-0.39, 0.29) is 5.76 Å². The quantitative estimate of drug-likeness (QED) is 0.806. The number of aromatic amines is 1. The van der Waals surface area contributed by atoms with Gasteiger partial charge in [0.2, 0.25) is 0 Å². The summed E-state index contributed by atoms with van der Waals surface area (Å²) in [6.07, 6.45) is 3.85. The SMILES string of the molecule is O=c1[nH]c2cc(C3CCC4(CNC4)C3)ccc2o1. The summed E-state index contributed by atoms with van der Waals surface area (Å²) < 4.78 is 5.04. The molecule has 1 saturated carbocycles. The van der Waals surface area contributed by atoms with E-state index in [1.807, 2.05) is 6.07 Å². The number of hydrogen-bond acceptors (Lipinski definition) is 3. The monoisotopic (exact) mass is 244 g/mol. The van der Waals surface area contributed by atoms with Gasteiger partial charge in [-0.25, -0.2) is 4.79 Å². The van der Waals surface area contributed by atoms with Gasteiger partial charge in [0.25, 0.3) is 0 Å². The molecule has 2 heterocycles. The van der Waals surface area contributed by atoms with Gasteiger partial charge >= 0.3 is 5.76 Å². The van der Waals surface area contributed by atoms with E-state index >= 15 is 0 Å². The molecule has 1 spiro atoms. The van der Waals surface area contributed by atoms with Crippen molar-refractivity contribution in [2.45, 2.75) is 25.2 Å². The summed E-state index contributed by atoms with van der Waals surface area (Å²) in [6, 6.07) is 6.09. The molecule has 1 unspecified atom stereocenters. The van der Waals surface area contributed by atoms with Crippen molar-refractivity contribution in [3.63, 3.8) is 0 Å². The molecule has 2 aliphatic rings. The highest BCUT2D eigenvalue weighted by Crippen LogP contribution is 2.48. The molecule has 1 atom stereocenters. The maximum absolute atomic E-state index is 11.1. The molecule has 94 valence electrons. The van der Waals surface area contributed by atoms with E-state index in [9.17, 15) is 4.79 Å². The molecule has 4 heteroatoms. The van der Waals surface area contributed by atoms with Gasteiger partial charge < -0.3 is 9.73 Å². The molecule has 1 aliphatic heterocycles. The smallest absolute Gasteiger partial charge is 0.408 e. The third-order valence-electron chi connectivity index (χ3n) is 4.62. The summed E-state index contributed by atoms with van der Waals surface area (Å²) in [6.45, 7) is 2.35. The predicted molar refractivity (Wildman–Crippen MR) is 68.7 cm³/mol. The first-order chi connectivity index (χ1) is 8.74. The fourth-order valence-corrected chi connectivity index (χ4v) is 3.51. The van der Waals surface area contributed by atoms with Crippen LogP contribution >= 0.6 is 0 Å². The van der Waals surface area contributed by atoms with Gasteiger partial charge in [-0.05, 0) is 48.3 Å². The lowest BCUT2D eigenvalue weighted by atomic mass is 9.79. The van der Waals surface area contributed by atoms with Crippen LogP contribution in [-0.4, -0.2) is 18.1 Å². The molecule has 2 N–H and O–H groups in total. The van der Waals surface area contributed by atoms with Crippen LogP contribution in [0, 0.1) is 5.41 Å². The highest BCUT2D eigenvalue weighted by Gasteiger charge is 2.43. The van der Waals surface area contributed by atoms with Crippen molar-refractivity contribution in [3.8, 4) is 0 Å². The zero-order valence-corrected chi connectivity index (χ0v) is 10.2. The summed E-state index contributed by atoms with van der Waals surface area (Å²) in [5.41, 5.74) is 3.37. The number of rotatable bonds is 1. The maximum Gasteiger partial charge on any atom is 0.417 e. The Morgan fingerprint density at radius 1 is 1.33 bits per heavy atom. The van der Waals surface area contributed by atoms with E-state index in [4.69, 9.17) is 4.42 Å². The van der Waals surface area contributed by atoms with E-state index in [2.05, 4.69) is 22.4 Å². The van der Waals surface area contributed by atoms with Gasteiger partial charge in [0.1, 0.15) is 0 Å². The van der Waals surface area contributed by atoms with E-state index in [1.54, 1.807) is 0 Å². The number of fused-ring (bicyclic) bond motifs is 1. The van der Waals surface area contributed by atoms with Crippen molar-refractivity contribution in [2.24, 2.45) is 5.41 Å². The number of benzene rings is 1. The Hall–Kier alpha value is -1.55. The van der Waals surface area contributed by atoms with E-state index in [1.165, 1.54) is 37.9 Å². The Kier molecular flexibility index (Phi) is 2.01. The molecule has 2 fully saturated rings. The lowest BCUT2D eigenvalue weighted by molar-refractivity contribution is 0.175. The zero-order chi connectivity index (χ0) is 12.2. The van der Waals surface area contributed by atoms with Crippen LogP contribution in [0.2, 0.25) is 0 Å². The Morgan fingerprint density at radius 2 is 2.22 bits per heavy atom. The van der Waals surface area contributed by atoms with Crippen LogP contribution in [0.5, 0.6) is 0 Å². The summed E-state index contributed by atoms with van der Waals surface area (Å²) in [5, 5.41) is 3.39. The Labute approximate surface area is 104 Å². The minimum atomic E-state index is -0.367. The van der Waals surface area contributed by atoms with Gasteiger partial charge in [-0.1, -0.05) is 6.07 Å². The van der Waals surface area contributed by atoms with Crippen LogP contribution < -0.4 is 11.1 Å². The second-order valence-electron chi connectivity index (χ2n) is 5.81. The summed E-state index contributed by atoms with van der Waals surface area (Å²) in [5.74, 6) is 0.267. The third kappa shape index (κ3) is 1.45. The van der Waals surface area contributed by atoms with Crippen LogP contribution in [0.25, 0.3) is 11.1 Å². The number of hydrogen-bond donors (Lipinski definition) is 2. The van der Waals surface area contributed by atoms with Crippen LogP contribution in [0.15, 0.2) is 27.4 Å². The largest absolute Gasteiger partial charge is 0.417 e. The van der Waals surface area contributed by atoms with Crippen molar-refractivity contribution < 1.29 is 4.42 Å². The first kappa shape index (κ1) is 10.4. The Balaban J connectivity index is 1.68. The Bertz CT molecular complexity index is 651. The molecule has 1 aliphatic carbocycles. The van der Waals surface area contributed by atoms with Crippen LogP contribution in [0.4, 0.5) is 0 Å². The molecule has 0 amide bonds. The van der Waals surface area contributed by atoms with Gasteiger partial charge in [-0.2, -0.15) is 0 Å². The summed E-state index contributed by atoms with van der Waals surface area (Å²) in [7, 11) is 0. The number of H-pyrrole nitrogens is 1. The van der Waals surface area contributed by atoms with Crippen LogP contribution in [-0.2, 0) is 0 Å². The molecular formula is C14H16N2O2. The van der Waals surface area contributed by atoms with Crippen LogP contribution in [0.3, 0.4) is 0 Å². The molecule has 2 aromatic rings. The van der Waals surface area contributed by atoms with E-state index in [0.717, 1.165) is 5.52 Å². The molecule has 18 heavy (non-hydrogen) atoms. The first-order valence-electron chi connectivity index (χ1n) is 6.58. The highest BCUT2D eigenvalue weighted by atomic mass is 16.4. The lowest BCUT2D eigenvalue weighted by Crippen LogP contribution is -2.51. The summed E-state index contributed by atoms with van der Waals surface area (Å²) in [4.78, 5) is 13.9. The van der Waals surface area contributed by atoms with Crippen LogP contribution in [0.1, 0.15) is 30.7 Å². The molecule has 1 saturated heterocycles. The number of aromatic nitrogens is 1. The van der Waals surface area contributed by atoms with Crippen molar-refractivity contribution in [1.29, 1.82) is 0 Å². The van der Waals surface area contributed by atoms with Gasteiger partial charge in [0, 0.05) is 13.1 Å². The molecule has 4 rings (SSSR count). The van der Waals surface area contributed by atoms with E-state index in [0.29, 0.717) is 16.9 Å². The standard InChI is InChI=1S/C14H16N2O2/c17-13-16-11-5-9(1-2-12(11)18-13)10-3-4-14(6-10)7-15-8-14/h1-2,5,10,15H,3-4,6-8H2,(H,16,17). The summed E-state index contributed by atoms with van der Waals surface area (Å²) >= 11 is 0.